The third-order valence-corrected chi connectivity index (χ3v) is 2.84. The fourth-order valence-electron chi connectivity index (χ4n) is 1.89. The highest BCUT2D eigenvalue weighted by atomic mass is 16.5. The molecule has 0 aliphatic carbocycles. The number of hydrogen-bond acceptors (Lipinski definition) is 3. The van der Waals surface area contributed by atoms with Crippen molar-refractivity contribution >= 4 is 17.6 Å². The van der Waals surface area contributed by atoms with Gasteiger partial charge in [-0.3, -0.25) is 14.5 Å². The Labute approximate surface area is 124 Å². The number of anilines is 1. The number of ether oxygens (including phenoxy) is 1. The zero-order valence-corrected chi connectivity index (χ0v) is 11.8. The molecule has 1 radical (unpaired) electrons. The van der Waals surface area contributed by atoms with Crippen molar-refractivity contribution in [3.8, 4) is 0 Å². The number of amides is 1. The number of para-hydroxylation sites is 1. The molecule has 0 aliphatic rings. The van der Waals surface area contributed by atoms with Crippen molar-refractivity contribution in [3.05, 3.63) is 66.2 Å². The van der Waals surface area contributed by atoms with Gasteiger partial charge in [0.05, 0.1) is 12.3 Å². The van der Waals surface area contributed by atoms with Crippen molar-refractivity contribution in [3.63, 3.8) is 0 Å². The summed E-state index contributed by atoms with van der Waals surface area (Å²) in [5, 5.41) is 0. The van der Waals surface area contributed by atoms with E-state index >= 15 is 0 Å². The predicted octanol–water partition coefficient (Wildman–Crippen LogP) is 2.70. The van der Waals surface area contributed by atoms with Crippen LogP contribution in [-0.2, 0) is 9.53 Å². The molecule has 1 amide bonds. The first-order chi connectivity index (χ1) is 10.2. The summed E-state index contributed by atoms with van der Waals surface area (Å²) in [4.78, 5) is 25.7. The fourth-order valence-corrected chi connectivity index (χ4v) is 1.89. The Bertz CT molecular complexity index is 596. The molecule has 0 unspecified atom stereocenters. The number of hydrogen-bond donors (Lipinski definition) is 0. The van der Waals surface area contributed by atoms with Crippen LogP contribution in [0.15, 0.2) is 54.6 Å². The molecule has 0 saturated carbocycles. The summed E-state index contributed by atoms with van der Waals surface area (Å²) in [7, 11) is 0. The van der Waals surface area contributed by atoms with Crippen molar-refractivity contribution in [2.45, 2.75) is 6.92 Å². The van der Waals surface area contributed by atoms with Gasteiger partial charge >= 0.3 is 5.97 Å². The molecule has 0 bridgehead atoms. The first kappa shape index (κ1) is 14.8. The van der Waals surface area contributed by atoms with Gasteiger partial charge in [-0.05, 0) is 25.1 Å². The second kappa shape index (κ2) is 7.24. The molecule has 0 atom stereocenters. The van der Waals surface area contributed by atoms with Crippen LogP contribution in [0.5, 0.6) is 0 Å². The lowest BCUT2D eigenvalue weighted by Gasteiger charge is -2.21. The molecule has 0 N–H and O–H groups in total. The quantitative estimate of drug-likeness (QED) is 0.792. The largest absolute Gasteiger partial charge is 0.465 e. The number of nitrogens with zero attached hydrogens (tertiary/aromatic N) is 1. The predicted molar refractivity (Wildman–Crippen MR) is 80.0 cm³/mol. The van der Waals surface area contributed by atoms with Crippen molar-refractivity contribution in [2.24, 2.45) is 0 Å². The van der Waals surface area contributed by atoms with E-state index in [4.69, 9.17) is 4.74 Å². The monoisotopic (exact) mass is 282 g/mol. The highest BCUT2D eigenvalue weighted by Gasteiger charge is 2.21. The summed E-state index contributed by atoms with van der Waals surface area (Å²) in [5.41, 5.74) is 1.05. The molecular weight excluding hydrogens is 266 g/mol. The molecule has 21 heavy (non-hydrogen) atoms. The molecule has 0 heterocycles. The van der Waals surface area contributed by atoms with Gasteiger partial charge in [-0.15, -0.1) is 0 Å². The molecule has 0 spiro atoms. The smallest absolute Gasteiger partial charge is 0.326 e. The van der Waals surface area contributed by atoms with E-state index in [1.807, 2.05) is 6.07 Å². The van der Waals surface area contributed by atoms with Gasteiger partial charge in [-0.2, -0.15) is 0 Å². The molecular formula is C17H16NO3. The maximum Gasteiger partial charge on any atom is 0.326 e. The molecule has 2 aromatic rings. The van der Waals surface area contributed by atoms with E-state index in [9.17, 15) is 9.59 Å². The lowest BCUT2D eigenvalue weighted by Crippen LogP contribution is -2.36. The summed E-state index contributed by atoms with van der Waals surface area (Å²) in [6.45, 7) is 1.88. The maximum absolute atomic E-state index is 12.6. The second-order valence-electron chi connectivity index (χ2n) is 4.31. The Kier molecular flexibility index (Phi) is 5.10. The van der Waals surface area contributed by atoms with Gasteiger partial charge in [-0.25, -0.2) is 0 Å². The number of benzene rings is 2. The van der Waals surface area contributed by atoms with E-state index < -0.39 is 5.97 Å². The van der Waals surface area contributed by atoms with Crippen LogP contribution in [-0.4, -0.2) is 25.0 Å². The summed E-state index contributed by atoms with van der Waals surface area (Å²) in [5.74, 6) is -0.704. The minimum Gasteiger partial charge on any atom is -0.465 e. The Morgan fingerprint density at radius 2 is 1.81 bits per heavy atom. The average Bonchev–Trinajstić information content (AvgIpc) is 2.54. The van der Waals surface area contributed by atoms with Crippen molar-refractivity contribution < 1.29 is 14.3 Å². The van der Waals surface area contributed by atoms with Crippen molar-refractivity contribution in [1.82, 2.24) is 0 Å². The van der Waals surface area contributed by atoms with Crippen LogP contribution in [0.4, 0.5) is 5.69 Å². The van der Waals surface area contributed by atoms with Gasteiger partial charge in [-0.1, -0.05) is 36.4 Å². The second-order valence-corrected chi connectivity index (χ2v) is 4.31. The third kappa shape index (κ3) is 3.92. The number of carbonyl (C=O) groups excluding carboxylic acids is 2. The van der Waals surface area contributed by atoms with Crippen LogP contribution >= 0.6 is 0 Å². The van der Waals surface area contributed by atoms with E-state index in [2.05, 4.69) is 6.07 Å². The molecule has 0 fully saturated rings. The first-order valence-electron chi connectivity index (χ1n) is 6.71. The van der Waals surface area contributed by atoms with Crippen LogP contribution in [0.1, 0.15) is 17.3 Å². The summed E-state index contributed by atoms with van der Waals surface area (Å²) in [6, 6.07) is 18.8. The number of rotatable bonds is 5. The van der Waals surface area contributed by atoms with Gasteiger partial charge in [0.1, 0.15) is 6.54 Å². The highest BCUT2D eigenvalue weighted by molar-refractivity contribution is 6.08. The summed E-state index contributed by atoms with van der Waals surface area (Å²) < 4.78 is 4.93. The van der Waals surface area contributed by atoms with Gasteiger partial charge < -0.3 is 4.74 Å². The van der Waals surface area contributed by atoms with Crippen molar-refractivity contribution in [2.75, 3.05) is 18.1 Å². The third-order valence-electron chi connectivity index (χ3n) is 2.84. The zero-order chi connectivity index (χ0) is 15.1. The lowest BCUT2D eigenvalue weighted by atomic mass is 10.2. The summed E-state index contributed by atoms with van der Waals surface area (Å²) in [6.07, 6.45) is 0. The Morgan fingerprint density at radius 1 is 1.10 bits per heavy atom. The molecule has 2 rings (SSSR count). The van der Waals surface area contributed by atoms with E-state index in [1.165, 1.54) is 4.90 Å². The molecule has 0 aromatic heterocycles. The topological polar surface area (TPSA) is 46.6 Å². The maximum atomic E-state index is 12.6. The molecule has 2 aromatic carbocycles. The molecule has 107 valence electrons. The molecule has 4 nitrogen and oxygen atoms in total. The van der Waals surface area contributed by atoms with Crippen LogP contribution in [0.3, 0.4) is 0 Å². The van der Waals surface area contributed by atoms with E-state index in [0.29, 0.717) is 11.3 Å². The van der Waals surface area contributed by atoms with Crippen LogP contribution in [0.2, 0.25) is 0 Å². The lowest BCUT2D eigenvalue weighted by molar-refractivity contribution is -0.141. The standard InChI is InChI=1S/C17H16NO3/c1-2-21-16(19)13-18(15-11-7-4-8-12-15)17(20)14-9-5-3-6-10-14/h3-11H,2,13H2,1H3. The van der Waals surface area contributed by atoms with Crippen LogP contribution in [0, 0.1) is 6.07 Å². The number of carbonyl (C=O) groups is 2. The zero-order valence-electron chi connectivity index (χ0n) is 11.8. The van der Waals surface area contributed by atoms with E-state index in [0.717, 1.165) is 0 Å². The van der Waals surface area contributed by atoms with Gasteiger partial charge in [0, 0.05) is 11.6 Å². The molecule has 0 saturated heterocycles. The van der Waals surface area contributed by atoms with Gasteiger partial charge in [0.15, 0.2) is 0 Å². The first-order valence-corrected chi connectivity index (χ1v) is 6.71. The van der Waals surface area contributed by atoms with Crippen molar-refractivity contribution in [1.29, 1.82) is 0 Å². The van der Waals surface area contributed by atoms with Crippen LogP contribution < -0.4 is 4.90 Å². The Balaban J connectivity index is 2.28. The highest BCUT2D eigenvalue weighted by Crippen LogP contribution is 2.16. The Hall–Kier alpha value is -2.62. The van der Waals surface area contributed by atoms with Gasteiger partial charge in [0.25, 0.3) is 5.91 Å². The van der Waals surface area contributed by atoms with E-state index in [-0.39, 0.29) is 19.1 Å². The minimum atomic E-state index is -0.445. The van der Waals surface area contributed by atoms with Crippen LogP contribution in [0.25, 0.3) is 0 Å². The molecule has 4 heteroatoms. The van der Waals surface area contributed by atoms with E-state index in [1.54, 1.807) is 55.5 Å². The van der Waals surface area contributed by atoms with Gasteiger partial charge in [0.2, 0.25) is 0 Å². The Morgan fingerprint density at radius 3 is 2.43 bits per heavy atom. The minimum absolute atomic E-state index is 0.137. The normalized spacial score (nSPS) is 9.95. The summed E-state index contributed by atoms with van der Waals surface area (Å²) >= 11 is 0. The average molecular weight is 282 g/mol. The SMILES string of the molecule is CCOC(=O)CN(C(=O)c1ccccc1)c1[c]cccc1. The fraction of sp³-hybridized carbons (Fsp3) is 0.176. The number of esters is 1. The molecule has 0 aliphatic heterocycles.